The molecule has 0 atom stereocenters. The first kappa shape index (κ1) is 16.6. The Labute approximate surface area is 146 Å². The number of aromatic nitrogens is 2. The Bertz CT molecular complexity index is 832. The van der Waals surface area contributed by atoms with Crippen molar-refractivity contribution >= 4 is 22.6 Å². The van der Waals surface area contributed by atoms with Gasteiger partial charge in [-0.25, -0.2) is 4.98 Å². The second-order valence-electron chi connectivity index (χ2n) is 5.46. The molecule has 0 saturated heterocycles. The molecule has 0 amide bonds. The molecular formula is C18H20ClN3O2. The van der Waals surface area contributed by atoms with Crippen LogP contribution in [0, 0.1) is 0 Å². The zero-order valence-corrected chi connectivity index (χ0v) is 14.5. The number of rotatable bonds is 7. The number of halogens is 1. The fraction of sp³-hybridized carbons (Fsp3) is 0.278. The predicted octanol–water partition coefficient (Wildman–Crippen LogP) is 3.57. The maximum atomic E-state index is 5.99. The third-order valence-corrected chi connectivity index (χ3v) is 4.06. The van der Waals surface area contributed by atoms with Crippen LogP contribution in [0.2, 0.25) is 5.02 Å². The highest BCUT2D eigenvalue weighted by atomic mass is 35.5. The lowest BCUT2D eigenvalue weighted by Gasteiger charge is -2.09. The molecule has 0 aliphatic rings. The molecule has 0 saturated carbocycles. The zero-order valence-electron chi connectivity index (χ0n) is 13.7. The Morgan fingerprint density at radius 3 is 2.71 bits per heavy atom. The van der Waals surface area contributed by atoms with Crippen molar-refractivity contribution < 1.29 is 9.47 Å². The molecule has 6 heteroatoms. The van der Waals surface area contributed by atoms with E-state index < -0.39 is 0 Å². The van der Waals surface area contributed by atoms with E-state index in [1.807, 2.05) is 36.4 Å². The van der Waals surface area contributed by atoms with Crippen molar-refractivity contribution in [1.29, 1.82) is 0 Å². The quantitative estimate of drug-likeness (QED) is 0.643. The highest BCUT2D eigenvalue weighted by molar-refractivity contribution is 6.31. The van der Waals surface area contributed by atoms with Crippen molar-refractivity contribution in [3.05, 3.63) is 52.8 Å². The average Bonchev–Trinajstić information content (AvgIpc) is 3.00. The van der Waals surface area contributed by atoms with Gasteiger partial charge >= 0.3 is 0 Å². The van der Waals surface area contributed by atoms with Crippen LogP contribution >= 0.6 is 11.6 Å². The predicted molar refractivity (Wildman–Crippen MR) is 96.1 cm³/mol. The van der Waals surface area contributed by atoms with Crippen LogP contribution in [0.4, 0.5) is 0 Å². The van der Waals surface area contributed by atoms with E-state index in [-0.39, 0.29) is 0 Å². The van der Waals surface area contributed by atoms with Crippen molar-refractivity contribution in [2.24, 2.45) is 0 Å². The summed E-state index contributed by atoms with van der Waals surface area (Å²) in [5.41, 5.74) is 3.08. The largest absolute Gasteiger partial charge is 0.493 e. The van der Waals surface area contributed by atoms with Gasteiger partial charge in [0.2, 0.25) is 0 Å². The molecular weight excluding hydrogens is 326 g/mol. The highest BCUT2D eigenvalue weighted by Crippen LogP contribution is 2.27. The van der Waals surface area contributed by atoms with E-state index in [1.165, 1.54) is 5.56 Å². The van der Waals surface area contributed by atoms with Crippen LogP contribution in [0.3, 0.4) is 0 Å². The Morgan fingerprint density at radius 1 is 1.08 bits per heavy atom. The van der Waals surface area contributed by atoms with E-state index in [0.717, 1.165) is 41.3 Å². The van der Waals surface area contributed by atoms with Gasteiger partial charge in [-0.1, -0.05) is 17.7 Å². The van der Waals surface area contributed by atoms with Crippen LogP contribution < -0.4 is 14.8 Å². The minimum atomic E-state index is 0.680. The summed E-state index contributed by atoms with van der Waals surface area (Å²) in [6, 6.07) is 11.6. The summed E-state index contributed by atoms with van der Waals surface area (Å²) in [5.74, 6) is 2.40. The molecule has 2 N–H and O–H groups in total. The Hall–Kier alpha value is -2.24. The number of imidazole rings is 1. The van der Waals surface area contributed by atoms with Crippen LogP contribution in [0.5, 0.6) is 11.5 Å². The van der Waals surface area contributed by atoms with Crippen molar-refractivity contribution in [3.63, 3.8) is 0 Å². The van der Waals surface area contributed by atoms with Gasteiger partial charge < -0.3 is 19.8 Å². The number of fused-ring (bicyclic) bond motifs is 1. The second-order valence-corrected chi connectivity index (χ2v) is 5.90. The van der Waals surface area contributed by atoms with Gasteiger partial charge in [-0.05, 0) is 48.9 Å². The van der Waals surface area contributed by atoms with Gasteiger partial charge in [0.15, 0.2) is 11.5 Å². The summed E-state index contributed by atoms with van der Waals surface area (Å²) in [6.07, 6.45) is 0.895. The Balaban J connectivity index is 1.54. The van der Waals surface area contributed by atoms with Crippen molar-refractivity contribution in [2.45, 2.75) is 13.0 Å². The summed E-state index contributed by atoms with van der Waals surface area (Å²) in [5, 5.41) is 4.10. The summed E-state index contributed by atoms with van der Waals surface area (Å²) < 4.78 is 10.6. The summed E-state index contributed by atoms with van der Waals surface area (Å²) in [7, 11) is 3.29. The lowest BCUT2D eigenvalue weighted by molar-refractivity contribution is 0.354. The zero-order chi connectivity index (χ0) is 16.9. The molecule has 0 spiro atoms. The summed E-state index contributed by atoms with van der Waals surface area (Å²) in [4.78, 5) is 7.81. The number of nitrogens with one attached hydrogen (secondary N) is 2. The van der Waals surface area contributed by atoms with Gasteiger partial charge in [0.25, 0.3) is 0 Å². The van der Waals surface area contributed by atoms with E-state index in [0.29, 0.717) is 11.6 Å². The van der Waals surface area contributed by atoms with E-state index in [1.54, 1.807) is 14.2 Å². The van der Waals surface area contributed by atoms with Crippen LogP contribution in [-0.4, -0.2) is 30.7 Å². The molecule has 0 aliphatic carbocycles. The van der Waals surface area contributed by atoms with Gasteiger partial charge in [0, 0.05) is 5.02 Å². The topological polar surface area (TPSA) is 59.2 Å². The SMILES string of the molecule is COc1ccc(CCNCc2nc3ccc(Cl)cc3[nH]2)cc1OC. The monoisotopic (exact) mass is 345 g/mol. The number of aromatic amines is 1. The number of ether oxygens (including phenoxy) is 2. The number of nitrogens with zero attached hydrogens (tertiary/aromatic N) is 1. The van der Waals surface area contributed by atoms with Crippen molar-refractivity contribution in [3.8, 4) is 11.5 Å². The molecule has 1 heterocycles. The minimum absolute atomic E-state index is 0.680. The van der Waals surface area contributed by atoms with E-state index in [4.69, 9.17) is 21.1 Å². The van der Waals surface area contributed by atoms with Crippen molar-refractivity contribution in [2.75, 3.05) is 20.8 Å². The molecule has 0 aliphatic heterocycles. The van der Waals surface area contributed by atoms with Crippen LogP contribution in [0.25, 0.3) is 11.0 Å². The number of H-pyrrole nitrogens is 1. The summed E-state index contributed by atoms with van der Waals surface area (Å²) in [6.45, 7) is 1.52. The van der Waals surface area contributed by atoms with Gasteiger partial charge in [-0.2, -0.15) is 0 Å². The van der Waals surface area contributed by atoms with Crippen molar-refractivity contribution in [1.82, 2.24) is 15.3 Å². The summed E-state index contributed by atoms with van der Waals surface area (Å²) >= 11 is 5.99. The smallest absolute Gasteiger partial charge is 0.160 e. The molecule has 1 aromatic heterocycles. The molecule has 5 nitrogen and oxygen atoms in total. The fourth-order valence-corrected chi connectivity index (χ4v) is 2.77. The number of hydrogen-bond acceptors (Lipinski definition) is 4. The minimum Gasteiger partial charge on any atom is -0.493 e. The molecule has 0 bridgehead atoms. The third-order valence-electron chi connectivity index (χ3n) is 3.82. The van der Waals surface area contributed by atoms with E-state index >= 15 is 0 Å². The van der Waals surface area contributed by atoms with Crippen LogP contribution in [0.15, 0.2) is 36.4 Å². The molecule has 24 heavy (non-hydrogen) atoms. The standard InChI is InChI=1S/C18H20ClN3O2/c1-23-16-6-3-12(9-17(16)24-2)7-8-20-11-18-21-14-5-4-13(19)10-15(14)22-18/h3-6,9-10,20H,7-8,11H2,1-2H3,(H,21,22). The molecule has 0 radical (unpaired) electrons. The van der Waals surface area contributed by atoms with Gasteiger partial charge in [-0.15, -0.1) is 0 Å². The Kier molecular flexibility index (Phi) is 5.23. The fourth-order valence-electron chi connectivity index (χ4n) is 2.59. The normalized spacial score (nSPS) is 11.0. The van der Waals surface area contributed by atoms with E-state index in [2.05, 4.69) is 15.3 Å². The van der Waals surface area contributed by atoms with Gasteiger partial charge in [0.1, 0.15) is 5.82 Å². The first-order valence-electron chi connectivity index (χ1n) is 7.75. The average molecular weight is 346 g/mol. The molecule has 3 aromatic rings. The Morgan fingerprint density at radius 2 is 1.92 bits per heavy atom. The number of methoxy groups -OCH3 is 2. The molecule has 0 fully saturated rings. The molecule has 0 unspecified atom stereocenters. The van der Waals surface area contributed by atoms with Gasteiger partial charge in [0.05, 0.1) is 31.8 Å². The van der Waals surface area contributed by atoms with Crippen LogP contribution in [0.1, 0.15) is 11.4 Å². The molecule has 126 valence electrons. The maximum Gasteiger partial charge on any atom is 0.160 e. The molecule has 3 rings (SSSR count). The second kappa shape index (κ2) is 7.55. The lowest BCUT2D eigenvalue weighted by Crippen LogP contribution is -2.17. The van der Waals surface area contributed by atoms with Crippen LogP contribution in [-0.2, 0) is 13.0 Å². The first-order valence-corrected chi connectivity index (χ1v) is 8.13. The molecule has 2 aromatic carbocycles. The van der Waals surface area contributed by atoms with Gasteiger partial charge in [-0.3, -0.25) is 0 Å². The number of hydrogen-bond donors (Lipinski definition) is 2. The number of benzene rings is 2. The maximum absolute atomic E-state index is 5.99. The van der Waals surface area contributed by atoms with E-state index in [9.17, 15) is 0 Å². The lowest BCUT2D eigenvalue weighted by atomic mass is 10.1. The first-order chi connectivity index (χ1) is 11.7. The highest BCUT2D eigenvalue weighted by Gasteiger charge is 2.05. The third kappa shape index (κ3) is 3.80.